The molecule has 1 saturated carbocycles. The summed E-state index contributed by atoms with van der Waals surface area (Å²) in [6, 6.07) is 7.66. The number of hydrogen-bond donors (Lipinski definition) is 1. The summed E-state index contributed by atoms with van der Waals surface area (Å²) in [5.41, 5.74) is 0. The number of ether oxygens (including phenoxy) is 2. The second kappa shape index (κ2) is 11.1. The molecule has 1 aliphatic carbocycles. The summed E-state index contributed by atoms with van der Waals surface area (Å²) in [7, 11) is 1.63. The van der Waals surface area contributed by atoms with Gasteiger partial charge in [0, 0.05) is 12.6 Å². The minimum atomic E-state index is 0.0444. The number of aromatic nitrogens is 3. The number of carbonyl (C=O) groups excluding carboxylic acids is 1. The van der Waals surface area contributed by atoms with Gasteiger partial charge in [0.2, 0.25) is 5.91 Å². The van der Waals surface area contributed by atoms with Crippen molar-refractivity contribution >= 4 is 17.7 Å². The van der Waals surface area contributed by atoms with Gasteiger partial charge < -0.3 is 14.8 Å². The van der Waals surface area contributed by atoms with Gasteiger partial charge in [0.1, 0.15) is 18.1 Å². The van der Waals surface area contributed by atoms with Crippen molar-refractivity contribution in [3.05, 3.63) is 42.7 Å². The van der Waals surface area contributed by atoms with Crippen LogP contribution in [0.15, 0.2) is 42.1 Å². The first kappa shape index (κ1) is 22.2. The molecule has 2 atom stereocenters. The quantitative estimate of drug-likeness (QED) is 0.456. The largest absolute Gasteiger partial charge is 0.497 e. The standard InChI is InChI=1S/C22H30N4O3S/c1-4-13-26-20(14-29-18-11-9-17(28-3)10-12-18)24-25-22(26)30-15-21(27)23-19-8-6-5-7-16(19)2/h4,9-12,16,19H,1,5-8,13-15H2,2-3H3,(H,23,27)/t16-,19-/m0/s1. The Morgan fingerprint density at radius 1 is 1.27 bits per heavy atom. The fourth-order valence-corrected chi connectivity index (χ4v) is 4.35. The lowest BCUT2D eigenvalue weighted by Gasteiger charge is -2.29. The smallest absolute Gasteiger partial charge is 0.230 e. The predicted octanol–water partition coefficient (Wildman–Crippen LogP) is 3.84. The summed E-state index contributed by atoms with van der Waals surface area (Å²) in [6.45, 7) is 6.86. The Hall–Kier alpha value is -2.48. The zero-order valence-corrected chi connectivity index (χ0v) is 18.5. The average Bonchev–Trinajstić information content (AvgIpc) is 3.14. The second-order valence-corrected chi connectivity index (χ2v) is 8.43. The number of nitrogens with zero attached hydrogens (tertiary/aromatic N) is 3. The number of allylic oxidation sites excluding steroid dienone is 1. The molecule has 1 heterocycles. The maximum Gasteiger partial charge on any atom is 0.230 e. The molecular formula is C22H30N4O3S. The molecule has 1 aromatic heterocycles. The molecular weight excluding hydrogens is 400 g/mol. The first-order chi connectivity index (χ1) is 14.6. The van der Waals surface area contributed by atoms with Crippen LogP contribution in [0.4, 0.5) is 0 Å². The van der Waals surface area contributed by atoms with E-state index in [2.05, 4.69) is 29.0 Å². The van der Waals surface area contributed by atoms with E-state index in [1.54, 1.807) is 13.2 Å². The third-order valence-corrected chi connectivity index (χ3v) is 6.29. The predicted molar refractivity (Wildman–Crippen MR) is 118 cm³/mol. The van der Waals surface area contributed by atoms with Gasteiger partial charge in [-0.3, -0.25) is 9.36 Å². The van der Waals surface area contributed by atoms with Crippen molar-refractivity contribution in [2.45, 2.75) is 57.0 Å². The number of carbonyl (C=O) groups is 1. The number of methoxy groups -OCH3 is 1. The van der Waals surface area contributed by atoms with Gasteiger partial charge in [-0.25, -0.2) is 0 Å². The molecule has 0 unspecified atom stereocenters. The minimum Gasteiger partial charge on any atom is -0.497 e. The van der Waals surface area contributed by atoms with E-state index >= 15 is 0 Å². The fraction of sp³-hybridized carbons (Fsp3) is 0.500. The van der Waals surface area contributed by atoms with Crippen molar-refractivity contribution in [1.29, 1.82) is 0 Å². The Bertz CT molecular complexity index is 837. The van der Waals surface area contributed by atoms with Crippen LogP contribution in [0.2, 0.25) is 0 Å². The lowest BCUT2D eigenvalue weighted by atomic mass is 9.86. The van der Waals surface area contributed by atoms with Crippen LogP contribution in [0.5, 0.6) is 11.5 Å². The van der Waals surface area contributed by atoms with Gasteiger partial charge in [-0.05, 0) is 43.0 Å². The third-order valence-electron chi connectivity index (χ3n) is 5.32. The van der Waals surface area contributed by atoms with Crippen molar-refractivity contribution in [1.82, 2.24) is 20.1 Å². The van der Waals surface area contributed by atoms with E-state index in [9.17, 15) is 4.79 Å². The maximum absolute atomic E-state index is 12.4. The average molecular weight is 431 g/mol. The van der Waals surface area contributed by atoms with Crippen molar-refractivity contribution < 1.29 is 14.3 Å². The van der Waals surface area contributed by atoms with E-state index < -0.39 is 0 Å². The molecule has 3 rings (SSSR count). The first-order valence-corrected chi connectivity index (χ1v) is 11.3. The van der Waals surface area contributed by atoms with Gasteiger partial charge in [-0.15, -0.1) is 16.8 Å². The highest BCUT2D eigenvalue weighted by atomic mass is 32.2. The topological polar surface area (TPSA) is 78.3 Å². The first-order valence-electron chi connectivity index (χ1n) is 10.3. The Kier molecular flexibility index (Phi) is 8.19. The fourth-order valence-electron chi connectivity index (χ4n) is 3.57. The van der Waals surface area contributed by atoms with Gasteiger partial charge in [0.25, 0.3) is 0 Å². The molecule has 1 aliphatic rings. The van der Waals surface area contributed by atoms with E-state index in [1.165, 1.54) is 31.0 Å². The van der Waals surface area contributed by atoms with Crippen LogP contribution in [0.1, 0.15) is 38.4 Å². The van der Waals surface area contributed by atoms with E-state index in [-0.39, 0.29) is 18.6 Å². The molecule has 0 spiro atoms. The molecule has 0 aliphatic heterocycles. The number of benzene rings is 1. The van der Waals surface area contributed by atoms with Crippen molar-refractivity contribution in [2.24, 2.45) is 5.92 Å². The van der Waals surface area contributed by atoms with Crippen LogP contribution in [0.3, 0.4) is 0 Å². The molecule has 162 valence electrons. The monoisotopic (exact) mass is 430 g/mol. The highest BCUT2D eigenvalue weighted by molar-refractivity contribution is 7.99. The van der Waals surface area contributed by atoms with Gasteiger partial charge in [-0.1, -0.05) is 37.6 Å². The maximum atomic E-state index is 12.4. The number of hydrogen-bond acceptors (Lipinski definition) is 6. The highest BCUT2D eigenvalue weighted by Crippen LogP contribution is 2.24. The molecule has 1 aromatic carbocycles. The Morgan fingerprint density at radius 2 is 2.00 bits per heavy atom. The molecule has 2 aromatic rings. The van der Waals surface area contributed by atoms with Crippen LogP contribution < -0.4 is 14.8 Å². The Balaban J connectivity index is 1.56. The summed E-state index contributed by atoms with van der Waals surface area (Å²) in [5, 5.41) is 12.4. The number of rotatable bonds is 10. The van der Waals surface area contributed by atoms with E-state index in [0.29, 0.717) is 29.2 Å². The lowest BCUT2D eigenvalue weighted by Crippen LogP contribution is -2.41. The summed E-state index contributed by atoms with van der Waals surface area (Å²) in [4.78, 5) is 12.4. The number of amides is 1. The van der Waals surface area contributed by atoms with Crippen molar-refractivity contribution in [3.63, 3.8) is 0 Å². The summed E-state index contributed by atoms with van der Waals surface area (Å²) in [5.74, 6) is 3.09. The minimum absolute atomic E-state index is 0.0444. The van der Waals surface area contributed by atoms with Crippen LogP contribution >= 0.6 is 11.8 Å². The molecule has 0 bridgehead atoms. The van der Waals surface area contributed by atoms with Gasteiger partial charge in [0.05, 0.1) is 12.9 Å². The Morgan fingerprint density at radius 3 is 2.70 bits per heavy atom. The zero-order chi connectivity index (χ0) is 21.3. The Labute approximate surface area is 182 Å². The molecule has 7 nitrogen and oxygen atoms in total. The van der Waals surface area contributed by atoms with Crippen LogP contribution in [-0.4, -0.2) is 39.6 Å². The van der Waals surface area contributed by atoms with Gasteiger partial charge >= 0.3 is 0 Å². The third kappa shape index (κ3) is 6.01. The van der Waals surface area contributed by atoms with Gasteiger partial charge in [0.15, 0.2) is 11.0 Å². The number of thioether (sulfide) groups is 1. The van der Waals surface area contributed by atoms with E-state index in [0.717, 1.165) is 17.9 Å². The van der Waals surface area contributed by atoms with Crippen LogP contribution in [0, 0.1) is 5.92 Å². The highest BCUT2D eigenvalue weighted by Gasteiger charge is 2.23. The second-order valence-electron chi connectivity index (χ2n) is 7.49. The molecule has 1 fully saturated rings. The SMILES string of the molecule is C=CCn1c(COc2ccc(OC)cc2)nnc1SCC(=O)N[C@H]1CCCC[C@@H]1C. The molecule has 30 heavy (non-hydrogen) atoms. The zero-order valence-electron chi connectivity index (χ0n) is 17.7. The molecule has 0 radical (unpaired) electrons. The molecule has 1 amide bonds. The summed E-state index contributed by atoms with van der Waals surface area (Å²) in [6.07, 6.45) is 6.48. The molecule has 0 saturated heterocycles. The normalized spacial score (nSPS) is 18.6. The lowest BCUT2D eigenvalue weighted by molar-refractivity contribution is -0.119. The van der Waals surface area contributed by atoms with Crippen LogP contribution in [-0.2, 0) is 17.9 Å². The van der Waals surface area contributed by atoms with Gasteiger partial charge in [-0.2, -0.15) is 0 Å². The van der Waals surface area contributed by atoms with E-state index in [1.807, 2.05) is 28.8 Å². The summed E-state index contributed by atoms with van der Waals surface area (Å²) >= 11 is 1.39. The number of nitrogens with one attached hydrogen (secondary N) is 1. The summed E-state index contributed by atoms with van der Waals surface area (Å²) < 4.78 is 12.9. The molecule has 1 N–H and O–H groups in total. The van der Waals surface area contributed by atoms with Crippen molar-refractivity contribution in [2.75, 3.05) is 12.9 Å². The molecule has 8 heteroatoms. The van der Waals surface area contributed by atoms with E-state index in [4.69, 9.17) is 9.47 Å². The van der Waals surface area contributed by atoms with Crippen LogP contribution in [0.25, 0.3) is 0 Å². The van der Waals surface area contributed by atoms with Crippen molar-refractivity contribution in [3.8, 4) is 11.5 Å².